The fraction of sp³-hybridized carbons (Fsp3) is 0.300. The van der Waals surface area contributed by atoms with E-state index in [2.05, 4.69) is 5.32 Å². The smallest absolute Gasteiger partial charge is 0.253 e. The van der Waals surface area contributed by atoms with Crippen molar-refractivity contribution in [2.75, 3.05) is 14.2 Å². The van der Waals surface area contributed by atoms with Crippen LogP contribution in [-0.4, -0.2) is 25.2 Å². The molecule has 1 atom stereocenters. The molecule has 1 rings (SSSR count). The average molecular weight is 195 g/mol. The van der Waals surface area contributed by atoms with Crippen LogP contribution in [0.5, 0.6) is 5.75 Å². The molecule has 0 unspecified atom stereocenters. The van der Waals surface area contributed by atoms with E-state index in [1.807, 2.05) is 0 Å². The third-order valence-corrected chi connectivity index (χ3v) is 1.93. The van der Waals surface area contributed by atoms with E-state index in [9.17, 15) is 9.90 Å². The van der Waals surface area contributed by atoms with Crippen LogP contribution in [0.4, 0.5) is 0 Å². The molecule has 0 aliphatic heterocycles. The maximum absolute atomic E-state index is 11.1. The fourth-order valence-corrected chi connectivity index (χ4v) is 1.07. The van der Waals surface area contributed by atoms with Gasteiger partial charge in [-0.3, -0.25) is 4.79 Å². The van der Waals surface area contributed by atoms with E-state index in [1.54, 1.807) is 31.4 Å². The minimum absolute atomic E-state index is 0.421. The number of methoxy groups -OCH3 is 1. The zero-order valence-corrected chi connectivity index (χ0v) is 8.15. The minimum Gasteiger partial charge on any atom is -0.497 e. The summed E-state index contributed by atoms with van der Waals surface area (Å²) in [7, 11) is 3.04. The molecule has 2 N–H and O–H groups in total. The van der Waals surface area contributed by atoms with E-state index >= 15 is 0 Å². The van der Waals surface area contributed by atoms with Gasteiger partial charge in [-0.25, -0.2) is 0 Å². The molecule has 0 heterocycles. The minimum atomic E-state index is -1.12. The highest BCUT2D eigenvalue weighted by Gasteiger charge is 2.14. The summed E-state index contributed by atoms with van der Waals surface area (Å²) in [5.74, 6) is 0.271. The van der Waals surface area contributed by atoms with E-state index in [0.29, 0.717) is 11.3 Å². The first-order valence-electron chi connectivity index (χ1n) is 4.22. The first-order chi connectivity index (χ1) is 6.69. The van der Waals surface area contributed by atoms with Gasteiger partial charge in [-0.1, -0.05) is 12.1 Å². The fourth-order valence-electron chi connectivity index (χ4n) is 1.07. The van der Waals surface area contributed by atoms with Crippen LogP contribution in [0.2, 0.25) is 0 Å². The van der Waals surface area contributed by atoms with Crippen molar-refractivity contribution in [2.24, 2.45) is 0 Å². The van der Waals surface area contributed by atoms with Gasteiger partial charge in [0.05, 0.1) is 7.11 Å². The number of benzene rings is 1. The van der Waals surface area contributed by atoms with Crippen LogP contribution in [-0.2, 0) is 4.79 Å². The molecule has 4 heteroatoms. The maximum atomic E-state index is 11.1. The number of aliphatic hydroxyl groups excluding tert-OH is 1. The predicted octanol–water partition coefficient (Wildman–Crippen LogP) is 0.475. The molecule has 0 spiro atoms. The lowest BCUT2D eigenvalue weighted by Crippen LogP contribution is -2.25. The zero-order valence-electron chi connectivity index (χ0n) is 8.15. The zero-order chi connectivity index (χ0) is 10.6. The van der Waals surface area contributed by atoms with Crippen molar-refractivity contribution in [3.63, 3.8) is 0 Å². The molecule has 0 radical (unpaired) electrons. The van der Waals surface area contributed by atoms with Gasteiger partial charge in [0.1, 0.15) is 5.75 Å². The van der Waals surface area contributed by atoms with E-state index in [-0.39, 0.29) is 0 Å². The summed E-state index contributed by atoms with van der Waals surface area (Å²) >= 11 is 0. The molecule has 14 heavy (non-hydrogen) atoms. The molecular weight excluding hydrogens is 182 g/mol. The van der Waals surface area contributed by atoms with Gasteiger partial charge >= 0.3 is 0 Å². The Kier molecular flexibility index (Phi) is 3.48. The molecule has 0 fully saturated rings. The number of rotatable bonds is 3. The van der Waals surface area contributed by atoms with Gasteiger partial charge in [-0.05, 0) is 17.7 Å². The summed E-state index contributed by atoms with van der Waals surface area (Å²) in [6.45, 7) is 0. The number of aliphatic hydroxyl groups is 1. The number of ether oxygens (including phenoxy) is 1. The highest BCUT2D eigenvalue weighted by atomic mass is 16.5. The highest BCUT2D eigenvalue weighted by molar-refractivity contribution is 5.81. The second-order valence-corrected chi connectivity index (χ2v) is 2.79. The van der Waals surface area contributed by atoms with Gasteiger partial charge in [0, 0.05) is 7.05 Å². The lowest BCUT2D eigenvalue weighted by molar-refractivity contribution is -0.129. The number of nitrogens with one attached hydrogen (secondary N) is 1. The summed E-state index contributed by atoms with van der Waals surface area (Å²) < 4.78 is 4.95. The molecule has 76 valence electrons. The van der Waals surface area contributed by atoms with Gasteiger partial charge in [0.15, 0.2) is 6.10 Å². The van der Waals surface area contributed by atoms with Crippen LogP contribution >= 0.6 is 0 Å². The Bertz CT molecular complexity index is 308. The average Bonchev–Trinajstić information content (AvgIpc) is 2.27. The Balaban J connectivity index is 2.81. The maximum Gasteiger partial charge on any atom is 0.253 e. The van der Waals surface area contributed by atoms with Gasteiger partial charge < -0.3 is 15.2 Å². The van der Waals surface area contributed by atoms with Crippen LogP contribution in [0, 0.1) is 0 Å². The van der Waals surface area contributed by atoms with Gasteiger partial charge in [-0.2, -0.15) is 0 Å². The first-order valence-corrected chi connectivity index (χ1v) is 4.22. The third-order valence-electron chi connectivity index (χ3n) is 1.93. The lowest BCUT2D eigenvalue weighted by atomic mass is 10.1. The highest BCUT2D eigenvalue weighted by Crippen LogP contribution is 2.17. The Morgan fingerprint density at radius 2 is 2.00 bits per heavy atom. The van der Waals surface area contributed by atoms with Gasteiger partial charge in [0.2, 0.25) is 0 Å². The third kappa shape index (κ3) is 2.23. The molecule has 0 saturated heterocycles. The van der Waals surface area contributed by atoms with E-state index < -0.39 is 12.0 Å². The van der Waals surface area contributed by atoms with Crippen LogP contribution in [0.15, 0.2) is 24.3 Å². The predicted molar refractivity (Wildman–Crippen MR) is 52.0 cm³/mol. The number of amides is 1. The molecule has 4 nitrogen and oxygen atoms in total. The molecule has 0 aliphatic rings. The second kappa shape index (κ2) is 4.62. The summed E-state index contributed by atoms with van der Waals surface area (Å²) in [6, 6.07) is 6.69. The lowest BCUT2D eigenvalue weighted by Gasteiger charge is -2.09. The van der Waals surface area contributed by atoms with Crippen molar-refractivity contribution in [1.29, 1.82) is 0 Å². The standard InChI is InChI=1S/C10H13NO3/c1-11-10(13)9(12)7-3-5-8(14-2)6-4-7/h3-6,9,12H,1-2H3,(H,11,13)/t9-/m0/s1. The molecule has 1 aromatic carbocycles. The quantitative estimate of drug-likeness (QED) is 0.737. The first kappa shape index (κ1) is 10.5. The van der Waals surface area contributed by atoms with Crippen molar-refractivity contribution in [3.8, 4) is 5.75 Å². The Hall–Kier alpha value is -1.55. The number of likely N-dealkylation sites (N-methyl/N-ethyl adjacent to an activating group) is 1. The summed E-state index contributed by atoms with van der Waals surface area (Å²) in [6.07, 6.45) is -1.12. The molecule has 1 amide bonds. The van der Waals surface area contributed by atoms with Crippen LogP contribution in [0.25, 0.3) is 0 Å². The number of carbonyl (C=O) groups is 1. The van der Waals surface area contributed by atoms with Crippen LogP contribution in [0.1, 0.15) is 11.7 Å². The number of hydrogen-bond acceptors (Lipinski definition) is 3. The summed E-state index contributed by atoms with van der Waals surface area (Å²) in [5.41, 5.74) is 0.546. The Morgan fingerprint density at radius 1 is 1.43 bits per heavy atom. The van der Waals surface area contributed by atoms with Gasteiger partial charge in [-0.15, -0.1) is 0 Å². The number of hydrogen-bond donors (Lipinski definition) is 2. The molecule has 0 aromatic heterocycles. The van der Waals surface area contributed by atoms with Crippen molar-refractivity contribution in [1.82, 2.24) is 5.32 Å². The second-order valence-electron chi connectivity index (χ2n) is 2.79. The largest absolute Gasteiger partial charge is 0.497 e. The molecule has 1 aromatic rings. The van der Waals surface area contributed by atoms with Crippen molar-refractivity contribution < 1.29 is 14.6 Å². The Morgan fingerprint density at radius 3 is 2.43 bits per heavy atom. The SMILES string of the molecule is CNC(=O)[C@@H](O)c1ccc(OC)cc1. The summed E-state index contributed by atoms with van der Waals surface area (Å²) in [4.78, 5) is 11.1. The topological polar surface area (TPSA) is 58.6 Å². The summed E-state index contributed by atoms with van der Waals surface area (Å²) in [5, 5.41) is 11.9. The monoisotopic (exact) mass is 195 g/mol. The normalized spacial score (nSPS) is 11.9. The molecule has 0 aliphatic carbocycles. The van der Waals surface area contributed by atoms with E-state index in [4.69, 9.17) is 4.74 Å². The van der Waals surface area contributed by atoms with Crippen molar-refractivity contribution in [2.45, 2.75) is 6.10 Å². The Labute approximate surface area is 82.5 Å². The van der Waals surface area contributed by atoms with Crippen molar-refractivity contribution in [3.05, 3.63) is 29.8 Å². The number of carbonyl (C=O) groups excluding carboxylic acids is 1. The van der Waals surface area contributed by atoms with E-state index in [1.165, 1.54) is 7.05 Å². The van der Waals surface area contributed by atoms with Crippen molar-refractivity contribution >= 4 is 5.91 Å². The van der Waals surface area contributed by atoms with Crippen LogP contribution < -0.4 is 10.1 Å². The van der Waals surface area contributed by atoms with Gasteiger partial charge in [0.25, 0.3) is 5.91 Å². The van der Waals surface area contributed by atoms with Crippen LogP contribution in [0.3, 0.4) is 0 Å². The molecular formula is C10H13NO3. The molecule has 0 bridgehead atoms. The van der Waals surface area contributed by atoms with E-state index in [0.717, 1.165) is 0 Å². The molecule has 0 saturated carbocycles.